The van der Waals surface area contributed by atoms with E-state index >= 15 is 0 Å². The molecule has 4 rings (SSSR count). The van der Waals surface area contributed by atoms with Gasteiger partial charge < -0.3 is 15.5 Å². The van der Waals surface area contributed by atoms with Gasteiger partial charge in [-0.15, -0.1) is 0 Å². The number of hydrogen-bond donors (Lipinski definition) is 3. The third-order valence-electron chi connectivity index (χ3n) is 5.85. The predicted octanol–water partition coefficient (Wildman–Crippen LogP) is 3.36. The molecule has 0 aromatic heterocycles. The first kappa shape index (κ1) is 22.8. The molecule has 172 valence electrons. The first-order valence-corrected chi connectivity index (χ1v) is 12.6. The van der Waals surface area contributed by atoms with E-state index in [-0.39, 0.29) is 21.9 Å². The number of piperazine rings is 1. The molecule has 0 atom stereocenters. The topological polar surface area (TPSA) is 90.5 Å². The van der Waals surface area contributed by atoms with Crippen molar-refractivity contribution in [2.24, 2.45) is 0 Å². The molecule has 1 aliphatic carbocycles. The molecule has 2 fully saturated rings. The number of sulfonamides is 1. The maximum atomic E-state index is 13.5. The van der Waals surface area contributed by atoms with Crippen LogP contribution in [0.5, 0.6) is 0 Å². The predicted molar refractivity (Wildman–Crippen MR) is 123 cm³/mol. The normalized spacial score (nSPS) is 17.4. The number of benzene rings is 2. The summed E-state index contributed by atoms with van der Waals surface area (Å²) in [6.07, 6.45) is 4.10. The summed E-state index contributed by atoms with van der Waals surface area (Å²) in [7, 11) is -4.05. The molecule has 0 bridgehead atoms. The highest BCUT2D eigenvalue weighted by atomic mass is 35.5. The average Bonchev–Trinajstić information content (AvgIpc) is 3.29. The largest absolute Gasteiger partial charge is 0.367 e. The van der Waals surface area contributed by atoms with E-state index in [0.29, 0.717) is 30.0 Å². The summed E-state index contributed by atoms with van der Waals surface area (Å²) in [5, 5.41) is 6.02. The van der Waals surface area contributed by atoms with E-state index in [9.17, 15) is 17.6 Å². The molecule has 1 saturated heterocycles. The summed E-state index contributed by atoms with van der Waals surface area (Å²) in [4.78, 5) is 14.7. The van der Waals surface area contributed by atoms with Crippen molar-refractivity contribution in [3.8, 4) is 0 Å². The van der Waals surface area contributed by atoms with Gasteiger partial charge in [0, 0.05) is 37.8 Å². The maximum Gasteiger partial charge on any atom is 0.262 e. The highest BCUT2D eigenvalue weighted by molar-refractivity contribution is 7.92. The number of anilines is 2. The third kappa shape index (κ3) is 5.16. The molecular formula is C22H26ClFN4O3S. The number of rotatable bonds is 6. The fraction of sp³-hybridized carbons (Fsp3) is 0.409. The van der Waals surface area contributed by atoms with Gasteiger partial charge in [0.1, 0.15) is 5.82 Å². The van der Waals surface area contributed by atoms with E-state index in [1.807, 2.05) is 0 Å². The molecule has 2 aliphatic rings. The van der Waals surface area contributed by atoms with Gasteiger partial charge in [0.15, 0.2) is 0 Å². The monoisotopic (exact) mass is 480 g/mol. The Morgan fingerprint density at radius 3 is 2.50 bits per heavy atom. The summed E-state index contributed by atoms with van der Waals surface area (Å²) < 4.78 is 42.2. The minimum absolute atomic E-state index is 0.150. The summed E-state index contributed by atoms with van der Waals surface area (Å²) in [6.45, 7) is 2.93. The number of nitrogens with zero attached hydrogens (tertiary/aromatic N) is 1. The van der Waals surface area contributed by atoms with Crippen molar-refractivity contribution in [3.63, 3.8) is 0 Å². The lowest BCUT2D eigenvalue weighted by molar-refractivity contribution is 0.0938. The lowest BCUT2D eigenvalue weighted by Crippen LogP contribution is -2.43. The molecule has 10 heteroatoms. The fourth-order valence-corrected chi connectivity index (χ4v) is 5.46. The second-order valence-electron chi connectivity index (χ2n) is 8.11. The molecule has 1 heterocycles. The maximum absolute atomic E-state index is 13.5. The van der Waals surface area contributed by atoms with Gasteiger partial charge in [-0.25, -0.2) is 12.8 Å². The molecule has 2 aromatic carbocycles. The zero-order valence-corrected chi connectivity index (χ0v) is 19.1. The minimum Gasteiger partial charge on any atom is -0.367 e. The van der Waals surface area contributed by atoms with Crippen molar-refractivity contribution in [1.82, 2.24) is 10.6 Å². The van der Waals surface area contributed by atoms with Gasteiger partial charge in [0.25, 0.3) is 15.9 Å². The van der Waals surface area contributed by atoms with Gasteiger partial charge in [-0.1, -0.05) is 24.4 Å². The van der Waals surface area contributed by atoms with Gasteiger partial charge in [-0.05, 0) is 49.2 Å². The Kier molecular flexibility index (Phi) is 6.88. The van der Waals surface area contributed by atoms with Crippen molar-refractivity contribution in [2.45, 2.75) is 36.6 Å². The molecule has 2 aromatic rings. The molecule has 3 N–H and O–H groups in total. The van der Waals surface area contributed by atoms with Crippen LogP contribution >= 0.6 is 11.6 Å². The second-order valence-corrected chi connectivity index (χ2v) is 10.2. The van der Waals surface area contributed by atoms with Crippen LogP contribution in [0.3, 0.4) is 0 Å². The van der Waals surface area contributed by atoms with Crippen LogP contribution in [-0.2, 0) is 10.0 Å². The first-order valence-electron chi connectivity index (χ1n) is 10.7. The van der Waals surface area contributed by atoms with Crippen LogP contribution in [0, 0.1) is 5.82 Å². The standard InChI is InChI=1S/C22H26ClFN4O3S/c23-18-14-17(6-7-19(18)24)32(30,31)27-20-13-15(22(29)26-16-3-1-2-4-16)5-8-21(20)28-11-9-25-10-12-28/h5-8,13-14,16,25,27H,1-4,9-12H2,(H,26,29). The van der Waals surface area contributed by atoms with Crippen molar-refractivity contribution in [1.29, 1.82) is 0 Å². The molecule has 0 radical (unpaired) electrons. The average molecular weight is 481 g/mol. The van der Waals surface area contributed by atoms with Gasteiger partial charge in [-0.2, -0.15) is 0 Å². The van der Waals surface area contributed by atoms with Crippen molar-refractivity contribution in [3.05, 3.63) is 52.8 Å². The van der Waals surface area contributed by atoms with Gasteiger partial charge in [0.05, 0.1) is 21.3 Å². The number of carbonyl (C=O) groups excluding carboxylic acids is 1. The zero-order valence-electron chi connectivity index (χ0n) is 17.5. The van der Waals surface area contributed by atoms with E-state index in [2.05, 4.69) is 20.3 Å². The van der Waals surface area contributed by atoms with Crippen LogP contribution in [0.2, 0.25) is 5.02 Å². The van der Waals surface area contributed by atoms with Crippen LogP contribution in [0.4, 0.5) is 15.8 Å². The number of hydrogen-bond acceptors (Lipinski definition) is 5. The van der Waals surface area contributed by atoms with Crippen LogP contribution in [0.15, 0.2) is 41.3 Å². The Hall–Kier alpha value is -2.36. The van der Waals surface area contributed by atoms with Gasteiger partial charge in [0.2, 0.25) is 0 Å². The Morgan fingerprint density at radius 1 is 1.09 bits per heavy atom. The van der Waals surface area contributed by atoms with E-state index in [4.69, 9.17) is 11.6 Å². The summed E-state index contributed by atoms with van der Waals surface area (Å²) in [5.74, 6) is -0.924. The smallest absolute Gasteiger partial charge is 0.262 e. The summed E-state index contributed by atoms with van der Waals surface area (Å²) in [5.41, 5.74) is 1.36. The van der Waals surface area contributed by atoms with Crippen LogP contribution < -0.4 is 20.3 Å². The molecule has 0 unspecified atom stereocenters. The number of amides is 1. The molecular weight excluding hydrogens is 455 g/mol. The van der Waals surface area contributed by atoms with Crippen LogP contribution in [0.25, 0.3) is 0 Å². The molecule has 1 amide bonds. The van der Waals surface area contributed by atoms with Crippen LogP contribution in [-0.4, -0.2) is 46.5 Å². The van der Waals surface area contributed by atoms with Crippen molar-refractivity contribution < 1.29 is 17.6 Å². The molecule has 0 spiro atoms. The van der Waals surface area contributed by atoms with E-state index in [1.165, 1.54) is 0 Å². The van der Waals surface area contributed by atoms with E-state index in [1.54, 1.807) is 18.2 Å². The first-order chi connectivity index (χ1) is 15.3. The second kappa shape index (κ2) is 9.64. The molecule has 1 saturated carbocycles. The Morgan fingerprint density at radius 2 is 1.81 bits per heavy atom. The lowest BCUT2D eigenvalue weighted by Gasteiger charge is -2.31. The Labute approximate surface area is 192 Å². The molecule has 7 nitrogen and oxygen atoms in total. The quantitative estimate of drug-likeness (QED) is 0.589. The molecule has 32 heavy (non-hydrogen) atoms. The number of carbonyl (C=O) groups is 1. The van der Waals surface area contributed by atoms with Gasteiger partial charge in [-0.3, -0.25) is 9.52 Å². The van der Waals surface area contributed by atoms with Crippen molar-refractivity contribution >= 4 is 38.9 Å². The Bertz CT molecular complexity index is 1100. The third-order valence-corrected chi connectivity index (χ3v) is 7.51. The van der Waals surface area contributed by atoms with Crippen LogP contribution in [0.1, 0.15) is 36.0 Å². The van der Waals surface area contributed by atoms with Crippen molar-refractivity contribution in [2.75, 3.05) is 35.8 Å². The lowest BCUT2D eigenvalue weighted by atomic mass is 10.1. The highest BCUT2D eigenvalue weighted by Gasteiger charge is 2.23. The Balaban J connectivity index is 1.66. The summed E-state index contributed by atoms with van der Waals surface area (Å²) >= 11 is 5.79. The van der Waals surface area contributed by atoms with Gasteiger partial charge >= 0.3 is 0 Å². The van der Waals surface area contributed by atoms with E-state index in [0.717, 1.165) is 57.0 Å². The number of nitrogens with one attached hydrogen (secondary N) is 3. The molecule has 1 aliphatic heterocycles. The highest BCUT2D eigenvalue weighted by Crippen LogP contribution is 2.31. The SMILES string of the molecule is O=C(NC1CCCC1)c1ccc(N2CCNCC2)c(NS(=O)(=O)c2ccc(F)c(Cl)c2)c1. The van der Waals surface area contributed by atoms with E-state index < -0.39 is 15.8 Å². The minimum atomic E-state index is -4.05. The zero-order chi connectivity index (χ0) is 22.7. The fourth-order valence-electron chi connectivity index (χ4n) is 4.13. The number of halogens is 2. The summed E-state index contributed by atoms with van der Waals surface area (Å²) in [6, 6.07) is 8.44.